The van der Waals surface area contributed by atoms with Crippen LogP contribution in [0.3, 0.4) is 0 Å². The zero-order chi connectivity index (χ0) is 19.6. The van der Waals surface area contributed by atoms with Crippen LogP contribution in [0.1, 0.15) is 36.7 Å². The highest BCUT2D eigenvalue weighted by atomic mass is 32.2. The van der Waals surface area contributed by atoms with Gasteiger partial charge in [-0.25, -0.2) is 0 Å². The highest BCUT2D eigenvalue weighted by Gasteiger charge is 2.25. The Morgan fingerprint density at radius 2 is 1.70 bits per heavy atom. The average Bonchev–Trinajstić information content (AvgIpc) is 2.91. The standard InChI is InChI=1S/C21H20N2O3S/c1-21(2,3)23-18(24)16-7-5-4-6-15(16)14-10-8-13(9-11-14)12-17-19(25)22-20(26)27-17/h4-12H,1-3H3,(H,23,24)(H,22,25,26)/b17-12-. The summed E-state index contributed by atoms with van der Waals surface area (Å²) in [5.74, 6) is -0.500. The van der Waals surface area contributed by atoms with Crippen molar-refractivity contribution in [3.63, 3.8) is 0 Å². The van der Waals surface area contributed by atoms with E-state index in [0.29, 0.717) is 10.5 Å². The van der Waals surface area contributed by atoms with Gasteiger partial charge in [0.25, 0.3) is 17.1 Å². The zero-order valence-corrected chi connectivity index (χ0v) is 16.1. The molecule has 1 heterocycles. The molecule has 1 saturated heterocycles. The van der Waals surface area contributed by atoms with Gasteiger partial charge in [-0.1, -0.05) is 42.5 Å². The molecule has 0 spiro atoms. The maximum absolute atomic E-state index is 12.6. The normalized spacial score (nSPS) is 15.7. The summed E-state index contributed by atoms with van der Waals surface area (Å²) in [5.41, 5.74) is 2.83. The monoisotopic (exact) mass is 380 g/mol. The summed E-state index contributed by atoms with van der Waals surface area (Å²) in [6.07, 6.45) is 1.67. The van der Waals surface area contributed by atoms with Gasteiger partial charge in [0.2, 0.25) is 0 Å². The molecule has 1 fully saturated rings. The lowest BCUT2D eigenvalue weighted by Gasteiger charge is -2.21. The second-order valence-corrected chi connectivity index (χ2v) is 8.24. The van der Waals surface area contributed by atoms with Gasteiger partial charge in [0.05, 0.1) is 4.91 Å². The van der Waals surface area contributed by atoms with E-state index in [0.717, 1.165) is 28.5 Å². The van der Waals surface area contributed by atoms with Crippen molar-refractivity contribution >= 4 is 34.9 Å². The third kappa shape index (κ3) is 4.65. The van der Waals surface area contributed by atoms with Gasteiger partial charge < -0.3 is 5.32 Å². The summed E-state index contributed by atoms with van der Waals surface area (Å²) in [4.78, 5) is 35.9. The molecule has 5 nitrogen and oxygen atoms in total. The molecule has 2 aromatic rings. The van der Waals surface area contributed by atoms with Crippen LogP contribution in [0.5, 0.6) is 0 Å². The Morgan fingerprint density at radius 3 is 2.30 bits per heavy atom. The summed E-state index contributed by atoms with van der Waals surface area (Å²) < 4.78 is 0. The fourth-order valence-electron chi connectivity index (χ4n) is 2.67. The summed E-state index contributed by atoms with van der Waals surface area (Å²) >= 11 is 0.889. The van der Waals surface area contributed by atoms with Crippen LogP contribution in [0.15, 0.2) is 53.4 Å². The minimum Gasteiger partial charge on any atom is -0.347 e. The fourth-order valence-corrected chi connectivity index (χ4v) is 3.35. The van der Waals surface area contributed by atoms with Crippen LogP contribution in [0, 0.1) is 0 Å². The SMILES string of the molecule is CC(C)(C)NC(=O)c1ccccc1-c1ccc(/C=C2\SC(=O)NC2=O)cc1. The Bertz CT molecular complexity index is 941. The summed E-state index contributed by atoms with van der Waals surface area (Å²) in [6, 6.07) is 15.0. The van der Waals surface area contributed by atoms with E-state index in [9.17, 15) is 14.4 Å². The first-order valence-corrected chi connectivity index (χ1v) is 9.31. The molecule has 138 valence electrons. The van der Waals surface area contributed by atoms with Gasteiger partial charge in [-0.2, -0.15) is 0 Å². The second-order valence-electron chi connectivity index (χ2n) is 7.22. The Labute approximate surface area is 162 Å². The Kier molecular flexibility index (Phi) is 5.19. The number of benzene rings is 2. The molecule has 2 N–H and O–H groups in total. The topological polar surface area (TPSA) is 75.3 Å². The molecule has 0 unspecified atom stereocenters. The van der Waals surface area contributed by atoms with E-state index in [2.05, 4.69) is 10.6 Å². The number of hydrogen-bond donors (Lipinski definition) is 2. The zero-order valence-electron chi connectivity index (χ0n) is 15.3. The van der Waals surface area contributed by atoms with Crippen LogP contribution in [0.25, 0.3) is 17.2 Å². The van der Waals surface area contributed by atoms with Crippen molar-refractivity contribution < 1.29 is 14.4 Å². The molecule has 0 aromatic heterocycles. The fraction of sp³-hybridized carbons (Fsp3) is 0.190. The third-order valence-electron chi connectivity index (χ3n) is 3.82. The maximum atomic E-state index is 12.6. The lowest BCUT2D eigenvalue weighted by molar-refractivity contribution is -0.115. The van der Waals surface area contributed by atoms with Crippen LogP contribution in [-0.4, -0.2) is 22.6 Å². The van der Waals surface area contributed by atoms with Crippen LogP contribution in [0.2, 0.25) is 0 Å². The van der Waals surface area contributed by atoms with E-state index < -0.39 is 0 Å². The molecule has 3 rings (SSSR count). The van der Waals surface area contributed by atoms with E-state index in [1.807, 2.05) is 63.2 Å². The number of rotatable bonds is 3. The summed E-state index contributed by atoms with van der Waals surface area (Å²) in [6.45, 7) is 5.83. The number of hydrogen-bond acceptors (Lipinski definition) is 4. The molecule has 0 atom stereocenters. The first-order chi connectivity index (χ1) is 12.7. The highest BCUT2D eigenvalue weighted by molar-refractivity contribution is 8.18. The van der Waals surface area contributed by atoms with Gasteiger partial charge in [0, 0.05) is 11.1 Å². The van der Waals surface area contributed by atoms with E-state index in [4.69, 9.17) is 0 Å². The Balaban J connectivity index is 1.88. The molecule has 0 radical (unpaired) electrons. The van der Waals surface area contributed by atoms with Gasteiger partial charge in [-0.05, 0) is 61.4 Å². The summed E-state index contributed by atoms with van der Waals surface area (Å²) in [7, 11) is 0. The predicted octanol–water partition coefficient (Wildman–Crippen LogP) is 4.21. The van der Waals surface area contributed by atoms with Crippen molar-refractivity contribution in [2.45, 2.75) is 26.3 Å². The van der Waals surface area contributed by atoms with Gasteiger partial charge in [0.15, 0.2) is 0 Å². The minimum atomic E-state index is -0.377. The molecule has 1 aliphatic rings. The summed E-state index contributed by atoms with van der Waals surface area (Å²) in [5, 5.41) is 4.86. The molecule has 1 aliphatic heterocycles. The highest BCUT2D eigenvalue weighted by Crippen LogP contribution is 2.28. The minimum absolute atomic E-state index is 0.123. The predicted molar refractivity (Wildman–Crippen MR) is 108 cm³/mol. The lowest BCUT2D eigenvalue weighted by atomic mass is 9.97. The van der Waals surface area contributed by atoms with Gasteiger partial charge >= 0.3 is 0 Å². The average molecular weight is 380 g/mol. The number of imide groups is 1. The number of amides is 3. The molecule has 27 heavy (non-hydrogen) atoms. The van der Waals surface area contributed by atoms with Gasteiger partial charge in [-0.15, -0.1) is 0 Å². The first kappa shape index (κ1) is 18.9. The van der Waals surface area contributed by atoms with Crippen molar-refractivity contribution in [2.75, 3.05) is 0 Å². The van der Waals surface area contributed by atoms with E-state index >= 15 is 0 Å². The Hall–Kier alpha value is -2.86. The van der Waals surface area contributed by atoms with Gasteiger partial charge in [-0.3, -0.25) is 19.7 Å². The van der Waals surface area contributed by atoms with Gasteiger partial charge in [0.1, 0.15) is 0 Å². The molecule has 6 heteroatoms. The molecule has 0 saturated carbocycles. The quantitative estimate of drug-likeness (QED) is 0.783. The van der Waals surface area contributed by atoms with Crippen LogP contribution < -0.4 is 10.6 Å². The second kappa shape index (κ2) is 7.40. The molecular formula is C21H20N2O3S. The largest absolute Gasteiger partial charge is 0.347 e. The maximum Gasteiger partial charge on any atom is 0.290 e. The van der Waals surface area contributed by atoms with Crippen molar-refractivity contribution in [2.24, 2.45) is 0 Å². The smallest absolute Gasteiger partial charge is 0.290 e. The third-order valence-corrected chi connectivity index (χ3v) is 4.63. The van der Waals surface area contributed by atoms with Crippen LogP contribution in [0.4, 0.5) is 4.79 Å². The van der Waals surface area contributed by atoms with Crippen molar-refractivity contribution in [3.8, 4) is 11.1 Å². The van der Waals surface area contributed by atoms with Crippen LogP contribution >= 0.6 is 11.8 Å². The number of nitrogens with one attached hydrogen (secondary N) is 2. The number of carbonyl (C=O) groups is 3. The number of carbonyl (C=O) groups excluding carboxylic acids is 3. The van der Waals surface area contributed by atoms with E-state index in [1.165, 1.54) is 0 Å². The van der Waals surface area contributed by atoms with Crippen molar-refractivity contribution in [1.29, 1.82) is 0 Å². The van der Waals surface area contributed by atoms with Crippen LogP contribution in [-0.2, 0) is 4.79 Å². The molecule has 0 bridgehead atoms. The molecule has 3 amide bonds. The van der Waals surface area contributed by atoms with E-state index in [1.54, 1.807) is 12.1 Å². The van der Waals surface area contributed by atoms with Crippen molar-refractivity contribution in [3.05, 3.63) is 64.6 Å². The van der Waals surface area contributed by atoms with Crippen molar-refractivity contribution in [1.82, 2.24) is 10.6 Å². The Morgan fingerprint density at radius 1 is 1.04 bits per heavy atom. The molecule has 2 aromatic carbocycles. The molecular weight excluding hydrogens is 360 g/mol. The molecule has 0 aliphatic carbocycles. The lowest BCUT2D eigenvalue weighted by Crippen LogP contribution is -2.40. The van der Waals surface area contributed by atoms with E-state index in [-0.39, 0.29) is 22.6 Å². The number of thioether (sulfide) groups is 1. The first-order valence-electron chi connectivity index (χ1n) is 8.50.